The van der Waals surface area contributed by atoms with E-state index in [1.807, 2.05) is 0 Å². The zero-order valence-corrected chi connectivity index (χ0v) is 55.3. The Bertz CT molecular complexity index is 1410. The van der Waals surface area contributed by atoms with E-state index in [-0.39, 0.29) is 31.1 Å². The molecular weight excluding hydrogens is 1010 g/mol. The van der Waals surface area contributed by atoms with Gasteiger partial charge in [0, 0.05) is 19.3 Å². The molecule has 0 amide bonds. The lowest BCUT2D eigenvalue weighted by molar-refractivity contribution is -0.167. The van der Waals surface area contributed by atoms with Crippen molar-refractivity contribution < 1.29 is 28.6 Å². The molecule has 1 atom stereocenters. The van der Waals surface area contributed by atoms with Gasteiger partial charge in [0.2, 0.25) is 0 Å². The Labute approximate surface area is 511 Å². The molecule has 6 nitrogen and oxygen atoms in total. The van der Waals surface area contributed by atoms with Gasteiger partial charge >= 0.3 is 17.9 Å². The van der Waals surface area contributed by atoms with E-state index in [2.05, 4.69) is 69.4 Å². The first kappa shape index (κ1) is 79.4. The van der Waals surface area contributed by atoms with Crippen LogP contribution in [0.2, 0.25) is 0 Å². The Morgan fingerprint density at radius 1 is 0.256 bits per heavy atom. The summed E-state index contributed by atoms with van der Waals surface area (Å²) in [6.45, 7) is 6.58. The van der Waals surface area contributed by atoms with Crippen molar-refractivity contribution in [2.24, 2.45) is 0 Å². The molecule has 0 spiro atoms. The minimum Gasteiger partial charge on any atom is -0.462 e. The van der Waals surface area contributed by atoms with Crippen LogP contribution in [0.4, 0.5) is 0 Å². The van der Waals surface area contributed by atoms with Gasteiger partial charge in [-0.3, -0.25) is 14.4 Å². The zero-order valence-electron chi connectivity index (χ0n) is 55.3. The molecule has 0 N–H and O–H groups in total. The SMILES string of the molecule is CC/C=C\C/C=C\C/C=C\CCCCCC(=O)OCC(COC(=O)CCCCCCCCCCCCCCCCCCC/C=C\CCCCCCCCCC)OC(=O)CCCCCCCCCCCCCCCCCCCCCCCC. The van der Waals surface area contributed by atoms with Crippen molar-refractivity contribution in [1.82, 2.24) is 0 Å². The van der Waals surface area contributed by atoms with Crippen molar-refractivity contribution in [1.29, 1.82) is 0 Å². The Morgan fingerprint density at radius 3 is 0.768 bits per heavy atom. The predicted octanol–water partition coefficient (Wildman–Crippen LogP) is 25.3. The number of carbonyl (C=O) groups excluding carboxylic acids is 3. The second kappa shape index (κ2) is 70.9. The highest BCUT2D eigenvalue weighted by Crippen LogP contribution is 2.19. The van der Waals surface area contributed by atoms with Gasteiger partial charge in [0.25, 0.3) is 0 Å². The lowest BCUT2D eigenvalue weighted by Gasteiger charge is -2.18. The van der Waals surface area contributed by atoms with Crippen molar-refractivity contribution in [3.05, 3.63) is 48.6 Å². The zero-order chi connectivity index (χ0) is 59.2. The number of esters is 3. The van der Waals surface area contributed by atoms with E-state index >= 15 is 0 Å². The smallest absolute Gasteiger partial charge is 0.306 e. The first-order valence-corrected chi connectivity index (χ1v) is 36.6. The molecule has 0 aromatic heterocycles. The van der Waals surface area contributed by atoms with Crippen LogP contribution in [0.5, 0.6) is 0 Å². The fourth-order valence-corrected chi connectivity index (χ4v) is 11.1. The van der Waals surface area contributed by atoms with Crippen LogP contribution in [0.1, 0.15) is 400 Å². The molecule has 0 fully saturated rings. The van der Waals surface area contributed by atoms with Gasteiger partial charge in [-0.25, -0.2) is 0 Å². The Balaban J connectivity index is 4.19. The van der Waals surface area contributed by atoms with Gasteiger partial charge in [-0.05, 0) is 77.0 Å². The van der Waals surface area contributed by atoms with E-state index in [4.69, 9.17) is 14.2 Å². The molecule has 0 saturated carbocycles. The average molecular weight is 1150 g/mol. The van der Waals surface area contributed by atoms with E-state index in [9.17, 15) is 14.4 Å². The first-order chi connectivity index (χ1) is 40.5. The van der Waals surface area contributed by atoms with Crippen molar-refractivity contribution in [2.75, 3.05) is 13.2 Å². The van der Waals surface area contributed by atoms with Crippen LogP contribution in [0.15, 0.2) is 48.6 Å². The van der Waals surface area contributed by atoms with Crippen molar-refractivity contribution in [3.63, 3.8) is 0 Å². The van der Waals surface area contributed by atoms with E-state index < -0.39 is 6.10 Å². The highest BCUT2D eigenvalue weighted by atomic mass is 16.6. The predicted molar refractivity (Wildman–Crippen MR) is 358 cm³/mol. The first-order valence-electron chi connectivity index (χ1n) is 36.6. The molecule has 82 heavy (non-hydrogen) atoms. The van der Waals surface area contributed by atoms with E-state index in [1.165, 1.54) is 276 Å². The molecule has 0 aliphatic rings. The number of hydrogen-bond donors (Lipinski definition) is 0. The van der Waals surface area contributed by atoms with Crippen LogP contribution < -0.4 is 0 Å². The molecular formula is C76H140O6. The Hall–Kier alpha value is -2.63. The fourth-order valence-electron chi connectivity index (χ4n) is 11.1. The van der Waals surface area contributed by atoms with Crippen molar-refractivity contribution in [2.45, 2.75) is 406 Å². The standard InChI is InChI=1S/C76H140O6/c1-4-7-10-13-16-19-22-25-27-29-31-33-35-36-37-38-39-40-41-43-44-46-48-51-54-57-60-63-66-69-75(78)81-72-73(71-80-74(77)68-65-62-59-56-53-50-24-21-18-15-12-9-6-3)82-76(79)70-67-64-61-58-55-52-49-47-45-42-34-32-30-28-26-23-20-17-14-11-8-5-2/h9,12,18,21,29,31,50,53,73H,4-8,10-11,13-17,19-20,22-28,30,32-49,51-52,54-72H2,1-3H3/b12-9-,21-18-,31-29-,53-50-. The minimum absolute atomic E-state index is 0.0775. The lowest BCUT2D eigenvalue weighted by atomic mass is 10.0. The summed E-state index contributed by atoms with van der Waals surface area (Å²) in [7, 11) is 0. The van der Waals surface area contributed by atoms with Gasteiger partial charge in [-0.1, -0.05) is 352 Å². The lowest BCUT2D eigenvalue weighted by Crippen LogP contribution is -2.30. The topological polar surface area (TPSA) is 78.9 Å². The molecule has 0 saturated heterocycles. The van der Waals surface area contributed by atoms with E-state index in [0.29, 0.717) is 19.3 Å². The molecule has 0 aliphatic heterocycles. The van der Waals surface area contributed by atoms with Gasteiger partial charge in [-0.15, -0.1) is 0 Å². The third kappa shape index (κ3) is 68.2. The summed E-state index contributed by atoms with van der Waals surface area (Å²) in [4.78, 5) is 38.4. The van der Waals surface area contributed by atoms with Gasteiger partial charge in [-0.2, -0.15) is 0 Å². The molecule has 0 aromatic carbocycles. The second-order valence-corrected chi connectivity index (χ2v) is 24.8. The minimum atomic E-state index is -0.784. The summed E-state index contributed by atoms with van der Waals surface area (Å²) < 4.78 is 17.0. The second-order valence-electron chi connectivity index (χ2n) is 24.8. The largest absolute Gasteiger partial charge is 0.462 e. The Morgan fingerprint density at radius 2 is 0.476 bits per heavy atom. The maximum Gasteiger partial charge on any atom is 0.306 e. The van der Waals surface area contributed by atoms with Crippen LogP contribution >= 0.6 is 0 Å². The molecule has 0 aliphatic carbocycles. The summed E-state index contributed by atoms with van der Waals surface area (Å²) in [6, 6.07) is 0. The van der Waals surface area contributed by atoms with Crippen molar-refractivity contribution >= 4 is 17.9 Å². The normalized spacial score (nSPS) is 12.3. The van der Waals surface area contributed by atoms with Gasteiger partial charge in [0.05, 0.1) is 0 Å². The van der Waals surface area contributed by atoms with Crippen LogP contribution in [-0.2, 0) is 28.6 Å². The number of carbonyl (C=O) groups is 3. The molecule has 0 heterocycles. The van der Waals surface area contributed by atoms with Crippen LogP contribution in [0.3, 0.4) is 0 Å². The summed E-state index contributed by atoms with van der Waals surface area (Å²) in [6.07, 6.45) is 90.2. The molecule has 6 heteroatoms. The Kier molecular flexibility index (Phi) is 68.6. The van der Waals surface area contributed by atoms with Gasteiger partial charge in [0.15, 0.2) is 6.10 Å². The molecule has 1 unspecified atom stereocenters. The number of rotatable bonds is 68. The molecule has 480 valence electrons. The number of allylic oxidation sites excluding steroid dienone is 8. The van der Waals surface area contributed by atoms with E-state index in [0.717, 1.165) is 83.5 Å². The summed E-state index contributed by atoms with van der Waals surface area (Å²) >= 11 is 0. The molecule has 0 aromatic rings. The van der Waals surface area contributed by atoms with Gasteiger partial charge < -0.3 is 14.2 Å². The maximum absolute atomic E-state index is 13.0. The highest BCUT2D eigenvalue weighted by Gasteiger charge is 2.19. The third-order valence-corrected chi connectivity index (χ3v) is 16.6. The highest BCUT2D eigenvalue weighted by molar-refractivity contribution is 5.71. The van der Waals surface area contributed by atoms with Crippen molar-refractivity contribution in [3.8, 4) is 0 Å². The number of ether oxygens (including phenoxy) is 3. The fraction of sp³-hybridized carbons (Fsp3) is 0.855. The molecule has 0 radical (unpaired) electrons. The third-order valence-electron chi connectivity index (χ3n) is 16.6. The summed E-state index contributed by atoms with van der Waals surface area (Å²) in [5.74, 6) is -0.880. The number of hydrogen-bond acceptors (Lipinski definition) is 6. The maximum atomic E-state index is 13.0. The molecule has 0 bridgehead atoms. The summed E-state index contributed by atoms with van der Waals surface area (Å²) in [5, 5.41) is 0. The van der Waals surface area contributed by atoms with E-state index in [1.54, 1.807) is 0 Å². The monoisotopic (exact) mass is 1150 g/mol. The average Bonchev–Trinajstić information content (AvgIpc) is 3.48. The number of unbranched alkanes of at least 4 members (excludes halogenated alkanes) is 49. The van der Waals surface area contributed by atoms with Crippen LogP contribution in [0, 0.1) is 0 Å². The van der Waals surface area contributed by atoms with Crippen LogP contribution in [-0.4, -0.2) is 37.2 Å². The van der Waals surface area contributed by atoms with Gasteiger partial charge in [0.1, 0.15) is 13.2 Å². The quantitative estimate of drug-likeness (QED) is 0.0261. The molecule has 0 rings (SSSR count). The summed E-state index contributed by atoms with van der Waals surface area (Å²) in [5.41, 5.74) is 0. The van der Waals surface area contributed by atoms with Crippen LogP contribution in [0.25, 0.3) is 0 Å².